The highest BCUT2D eigenvalue weighted by Crippen LogP contribution is 2.12. The molecule has 0 aliphatic heterocycles. The molecule has 0 unspecified atom stereocenters. The molecular formula is C8H4ClFN2. The van der Waals surface area contributed by atoms with Gasteiger partial charge in [-0.05, 0) is 17.7 Å². The first-order valence-corrected chi connectivity index (χ1v) is 3.49. The first-order chi connectivity index (χ1) is 5.74. The molecule has 1 rings (SSSR count). The van der Waals surface area contributed by atoms with Gasteiger partial charge in [-0.3, -0.25) is 0 Å². The summed E-state index contributed by atoms with van der Waals surface area (Å²) >= 11 is 5.34. The van der Waals surface area contributed by atoms with Crippen LogP contribution in [0.25, 0.3) is 6.08 Å². The molecule has 12 heavy (non-hydrogen) atoms. The normalized spacial score (nSPS) is 10.1. The molecule has 0 fully saturated rings. The lowest BCUT2D eigenvalue weighted by Gasteiger charge is -1.93. The summed E-state index contributed by atoms with van der Waals surface area (Å²) in [6.45, 7) is 0. The van der Waals surface area contributed by atoms with E-state index >= 15 is 0 Å². The number of nitrogens with zero attached hydrogens (tertiary/aromatic N) is 2. The van der Waals surface area contributed by atoms with Crippen molar-refractivity contribution in [2.24, 2.45) is 0 Å². The Morgan fingerprint density at radius 2 is 2.42 bits per heavy atom. The molecule has 0 bridgehead atoms. The Labute approximate surface area is 73.9 Å². The van der Waals surface area contributed by atoms with E-state index < -0.39 is 5.82 Å². The summed E-state index contributed by atoms with van der Waals surface area (Å²) < 4.78 is 12.7. The summed E-state index contributed by atoms with van der Waals surface area (Å²) in [5.41, 5.74) is 0.512. The molecule has 1 aromatic rings. The highest BCUT2D eigenvalue weighted by atomic mass is 35.5. The van der Waals surface area contributed by atoms with Crippen molar-refractivity contribution in [1.29, 1.82) is 5.26 Å². The van der Waals surface area contributed by atoms with Gasteiger partial charge in [0.1, 0.15) is 0 Å². The molecule has 0 N–H and O–H groups in total. The van der Waals surface area contributed by atoms with Crippen LogP contribution in [0.3, 0.4) is 0 Å². The first kappa shape index (κ1) is 8.69. The first-order valence-electron chi connectivity index (χ1n) is 3.11. The molecular weight excluding hydrogens is 179 g/mol. The van der Waals surface area contributed by atoms with Gasteiger partial charge < -0.3 is 0 Å². The molecule has 0 aliphatic rings. The molecule has 0 saturated carbocycles. The molecule has 0 aromatic carbocycles. The maximum atomic E-state index is 12.7. The van der Waals surface area contributed by atoms with E-state index in [1.165, 1.54) is 24.4 Å². The van der Waals surface area contributed by atoms with Crippen LogP contribution in [0.15, 0.2) is 18.3 Å². The predicted molar refractivity (Wildman–Crippen MR) is 43.9 cm³/mol. The minimum atomic E-state index is -0.586. The molecule has 0 spiro atoms. The number of nitriles is 1. The summed E-state index contributed by atoms with van der Waals surface area (Å²) in [5, 5.41) is 8.01. The largest absolute Gasteiger partial charge is 0.241 e. The van der Waals surface area contributed by atoms with Crippen molar-refractivity contribution in [3.8, 4) is 6.07 Å². The van der Waals surface area contributed by atoms with Crippen molar-refractivity contribution in [2.75, 3.05) is 0 Å². The SMILES string of the molecule is N#CC=Cc1cnc(Cl)c(F)c1. The van der Waals surface area contributed by atoms with Crippen molar-refractivity contribution < 1.29 is 4.39 Å². The number of pyridine rings is 1. The lowest BCUT2D eigenvalue weighted by atomic mass is 10.2. The number of hydrogen-bond donors (Lipinski definition) is 0. The van der Waals surface area contributed by atoms with Gasteiger partial charge in [0.05, 0.1) is 6.07 Å². The molecule has 1 aromatic heterocycles. The Bertz CT molecular complexity index is 355. The Balaban J connectivity index is 2.99. The molecule has 1 heterocycles. The number of allylic oxidation sites excluding steroid dienone is 1. The zero-order valence-electron chi connectivity index (χ0n) is 5.96. The summed E-state index contributed by atoms with van der Waals surface area (Å²) in [5.74, 6) is -0.586. The molecule has 60 valence electrons. The van der Waals surface area contributed by atoms with E-state index in [-0.39, 0.29) is 5.15 Å². The van der Waals surface area contributed by atoms with Gasteiger partial charge in [0, 0.05) is 12.3 Å². The number of aromatic nitrogens is 1. The van der Waals surface area contributed by atoms with Crippen LogP contribution >= 0.6 is 11.6 Å². The minimum Gasteiger partial charge on any atom is -0.241 e. The highest BCUT2D eigenvalue weighted by molar-refractivity contribution is 6.29. The summed E-state index contributed by atoms with van der Waals surface area (Å²) in [4.78, 5) is 3.56. The average Bonchev–Trinajstić information content (AvgIpc) is 2.07. The van der Waals surface area contributed by atoms with Gasteiger partial charge >= 0.3 is 0 Å². The Hall–Kier alpha value is -1.40. The van der Waals surface area contributed by atoms with Gasteiger partial charge in [-0.1, -0.05) is 11.6 Å². The van der Waals surface area contributed by atoms with Crippen LogP contribution in [0.4, 0.5) is 4.39 Å². The minimum absolute atomic E-state index is 0.163. The standard InChI is InChI=1S/C8H4ClFN2/c9-8-7(10)4-6(5-12-8)2-1-3-11/h1-2,4-5H. The van der Waals surface area contributed by atoms with Crippen LogP contribution < -0.4 is 0 Å². The van der Waals surface area contributed by atoms with E-state index in [2.05, 4.69) is 4.98 Å². The van der Waals surface area contributed by atoms with Crippen molar-refractivity contribution >= 4 is 17.7 Å². The maximum Gasteiger partial charge on any atom is 0.164 e. The van der Waals surface area contributed by atoms with Crippen LogP contribution in [0, 0.1) is 17.1 Å². The third-order valence-corrected chi connectivity index (χ3v) is 1.45. The van der Waals surface area contributed by atoms with E-state index in [1.54, 1.807) is 6.07 Å². The molecule has 2 nitrogen and oxygen atoms in total. The number of rotatable bonds is 1. The third-order valence-electron chi connectivity index (χ3n) is 1.17. The van der Waals surface area contributed by atoms with Crippen LogP contribution in [0.2, 0.25) is 5.15 Å². The smallest absolute Gasteiger partial charge is 0.164 e. The monoisotopic (exact) mass is 182 g/mol. The lowest BCUT2D eigenvalue weighted by Crippen LogP contribution is -1.83. The molecule has 0 atom stereocenters. The summed E-state index contributed by atoms with van der Waals surface area (Å²) in [6.07, 6.45) is 4.08. The summed E-state index contributed by atoms with van der Waals surface area (Å²) in [6, 6.07) is 3.00. The van der Waals surface area contributed by atoms with Gasteiger partial charge in [0.25, 0.3) is 0 Å². The van der Waals surface area contributed by atoms with Gasteiger partial charge in [-0.25, -0.2) is 9.37 Å². The van der Waals surface area contributed by atoms with Crippen molar-refractivity contribution in [1.82, 2.24) is 4.98 Å². The van der Waals surface area contributed by atoms with Crippen molar-refractivity contribution in [3.05, 3.63) is 34.9 Å². The van der Waals surface area contributed by atoms with Crippen LogP contribution in [0.1, 0.15) is 5.56 Å². The fourth-order valence-corrected chi connectivity index (χ4v) is 0.764. The average molecular weight is 183 g/mol. The molecule has 0 amide bonds. The fourth-order valence-electron chi connectivity index (χ4n) is 0.661. The van der Waals surface area contributed by atoms with Gasteiger partial charge in [-0.2, -0.15) is 5.26 Å². The second-order valence-electron chi connectivity index (χ2n) is 2.00. The van der Waals surface area contributed by atoms with Crippen LogP contribution in [-0.4, -0.2) is 4.98 Å². The van der Waals surface area contributed by atoms with Crippen molar-refractivity contribution in [3.63, 3.8) is 0 Å². The van der Waals surface area contributed by atoms with Gasteiger partial charge in [-0.15, -0.1) is 0 Å². The Morgan fingerprint density at radius 3 is 3.00 bits per heavy atom. The molecule has 0 aliphatic carbocycles. The molecule has 0 saturated heterocycles. The van der Waals surface area contributed by atoms with Crippen LogP contribution in [-0.2, 0) is 0 Å². The van der Waals surface area contributed by atoms with Crippen LogP contribution in [0.5, 0.6) is 0 Å². The fraction of sp³-hybridized carbons (Fsp3) is 0. The molecule has 0 radical (unpaired) electrons. The van der Waals surface area contributed by atoms with E-state index in [1.807, 2.05) is 0 Å². The summed E-state index contributed by atoms with van der Waals surface area (Å²) in [7, 11) is 0. The second-order valence-corrected chi connectivity index (χ2v) is 2.36. The Kier molecular flexibility index (Phi) is 2.78. The molecule has 4 heteroatoms. The van der Waals surface area contributed by atoms with Crippen molar-refractivity contribution in [2.45, 2.75) is 0 Å². The van der Waals surface area contributed by atoms with E-state index in [4.69, 9.17) is 16.9 Å². The van der Waals surface area contributed by atoms with Gasteiger partial charge in [0.15, 0.2) is 11.0 Å². The zero-order valence-corrected chi connectivity index (χ0v) is 6.72. The predicted octanol–water partition coefficient (Wildman–Crippen LogP) is 2.41. The zero-order chi connectivity index (χ0) is 8.97. The third kappa shape index (κ3) is 2.04. The lowest BCUT2D eigenvalue weighted by molar-refractivity contribution is 0.621. The Morgan fingerprint density at radius 1 is 1.67 bits per heavy atom. The number of halogens is 2. The highest BCUT2D eigenvalue weighted by Gasteiger charge is 1.99. The van der Waals surface area contributed by atoms with E-state index in [0.717, 1.165) is 0 Å². The van der Waals surface area contributed by atoms with E-state index in [9.17, 15) is 4.39 Å². The van der Waals surface area contributed by atoms with E-state index in [0.29, 0.717) is 5.56 Å². The number of hydrogen-bond acceptors (Lipinski definition) is 2. The second kappa shape index (κ2) is 3.84. The van der Waals surface area contributed by atoms with Gasteiger partial charge in [0.2, 0.25) is 0 Å². The maximum absolute atomic E-state index is 12.7. The quantitative estimate of drug-likeness (QED) is 0.494. The topological polar surface area (TPSA) is 36.7 Å².